The Labute approximate surface area is 315 Å². The summed E-state index contributed by atoms with van der Waals surface area (Å²) in [5.41, 5.74) is 11.0. The molecule has 6 aromatic rings. The summed E-state index contributed by atoms with van der Waals surface area (Å²) < 4.78 is 0. The average Bonchev–Trinajstić information content (AvgIpc) is 3.61. The first kappa shape index (κ1) is 44.8. The average molecular weight is 759 g/mol. The van der Waals surface area contributed by atoms with E-state index in [0.717, 1.165) is 0 Å². The van der Waals surface area contributed by atoms with Gasteiger partial charge in [-0.2, -0.15) is 12.1 Å². The zero-order valence-electron chi connectivity index (χ0n) is 29.9. The van der Waals surface area contributed by atoms with Crippen LogP contribution in [0.15, 0.2) is 109 Å². The van der Waals surface area contributed by atoms with Gasteiger partial charge in [0, 0.05) is 0 Å². The second-order valence-electron chi connectivity index (χ2n) is 13.2. The Morgan fingerprint density at radius 2 is 1.04 bits per heavy atom. The van der Waals surface area contributed by atoms with Crippen molar-refractivity contribution >= 4 is 53.2 Å². The van der Waals surface area contributed by atoms with Gasteiger partial charge in [-0.15, -0.1) is 93.9 Å². The monoisotopic (exact) mass is 756 g/mol. The number of hydrogen-bond acceptors (Lipinski definition) is 0. The molecule has 0 bridgehead atoms. The molecule has 0 N–H and O–H groups in total. The Hall–Kier alpha value is -2.22. The first-order valence-electron chi connectivity index (χ1n) is 15.3. The third-order valence-electron chi connectivity index (χ3n) is 8.29. The van der Waals surface area contributed by atoms with Crippen LogP contribution in [0.3, 0.4) is 0 Å². The molecule has 0 atom stereocenters. The molecular formula is C43H52Cl2SiZr-4. The Morgan fingerprint density at radius 3 is 1.49 bits per heavy atom. The Balaban J connectivity index is 0.000000792. The SMILES string of the molecule is CC(C)c1ccc(-c2cccc3[cH-]c(C(C)C)cc23)cc1.Cc1cc2c(-c3ccc(C(C)(C)C)cc3)cccc2[cH-]1.Cl.Cl.[CH3-].[CH3-].[Si]=[Zr]. The van der Waals surface area contributed by atoms with Crippen LogP contribution in [0, 0.1) is 21.8 Å². The molecule has 0 aromatic heterocycles. The van der Waals surface area contributed by atoms with Crippen LogP contribution < -0.4 is 0 Å². The summed E-state index contributed by atoms with van der Waals surface area (Å²) in [5.74, 6) is 1.16. The first-order chi connectivity index (χ1) is 20.5. The van der Waals surface area contributed by atoms with Crippen molar-refractivity contribution in [2.24, 2.45) is 0 Å². The number of hydrogen-bond donors (Lipinski definition) is 0. The predicted octanol–water partition coefficient (Wildman–Crippen LogP) is 13.7. The summed E-state index contributed by atoms with van der Waals surface area (Å²) in [5, 5.41) is 5.41. The third kappa shape index (κ3) is 10.9. The molecule has 0 unspecified atom stereocenters. The molecule has 0 fully saturated rings. The maximum atomic E-state index is 3.06. The van der Waals surface area contributed by atoms with E-state index in [9.17, 15) is 0 Å². The van der Waals surface area contributed by atoms with Crippen LogP contribution in [0.5, 0.6) is 0 Å². The van der Waals surface area contributed by atoms with Gasteiger partial charge in [0.25, 0.3) is 0 Å². The molecule has 0 amide bonds. The van der Waals surface area contributed by atoms with E-state index >= 15 is 0 Å². The molecule has 2 radical (unpaired) electrons. The second kappa shape index (κ2) is 19.7. The van der Waals surface area contributed by atoms with Crippen molar-refractivity contribution in [1.82, 2.24) is 0 Å². The molecule has 0 saturated heterocycles. The molecule has 4 heteroatoms. The van der Waals surface area contributed by atoms with Gasteiger partial charge in [-0.3, -0.25) is 0 Å². The molecule has 0 aliphatic heterocycles. The zero-order valence-corrected chi connectivity index (χ0v) is 35.0. The summed E-state index contributed by atoms with van der Waals surface area (Å²) in [4.78, 5) is 0. The normalized spacial score (nSPS) is 10.4. The van der Waals surface area contributed by atoms with Crippen molar-refractivity contribution in [3.63, 3.8) is 0 Å². The second-order valence-corrected chi connectivity index (χ2v) is 13.2. The predicted molar refractivity (Wildman–Crippen MR) is 215 cm³/mol. The van der Waals surface area contributed by atoms with Crippen LogP contribution in [0.2, 0.25) is 0 Å². The van der Waals surface area contributed by atoms with Crippen molar-refractivity contribution in [3.8, 4) is 22.3 Å². The summed E-state index contributed by atoms with van der Waals surface area (Å²) in [6, 6.07) is 40.4. The summed E-state index contributed by atoms with van der Waals surface area (Å²) >= 11 is 1.36. The van der Waals surface area contributed by atoms with Gasteiger partial charge < -0.3 is 14.9 Å². The van der Waals surface area contributed by atoms with E-state index in [0.29, 0.717) is 11.8 Å². The van der Waals surface area contributed by atoms with Crippen LogP contribution in [0.25, 0.3) is 43.8 Å². The fourth-order valence-electron chi connectivity index (χ4n) is 5.68. The van der Waals surface area contributed by atoms with Crippen molar-refractivity contribution in [3.05, 3.63) is 146 Å². The number of rotatable bonds is 4. The minimum atomic E-state index is 0. The van der Waals surface area contributed by atoms with Crippen molar-refractivity contribution in [2.45, 2.75) is 72.6 Å². The molecule has 0 aliphatic carbocycles. The van der Waals surface area contributed by atoms with E-state index in [2.05, 4.69) is 171 Å². The molecule has 0 spiro atoms. The van der Waals surface area contributed by atoms with Gasteiger partial charge in [-0.1, -0.05) is 127 Å². The molecule has 250 valence electrons. The van der Waals surface area contributed by atoms with E-state index in [1.165, 1.54) is 89.4 Å². The first-order valence-corrected chi connectivity index (χ1v) is 19.5. The summed E-state index contributed by atoms with van der Waals surface area (Å²) in [6.07, 6.45) is 0. The Bertz CT molecular complexity index is 1780. The van der Waals surface area contributed by atoms with Gasteiger partial charge in [-0.05, 0) is 39.5 Å². The molecule has 47 heavy (non-hydrogen) atoms. The molecule has 0 saturated carbocycles. The number of fused-ring (bicyclic) bond motifs is 2. The fraction of sp³-hybridized carbons (Fsp3) is 0.256. The van der Waals surface area contributed by atoms with Crippen LogP contribution in [-0.2, 0) is 28.8 Å². The maximum absolute atomic E-state index is 3.06. The van der Waals surface area contributed by atoms with E-state index in [1.807, 2.05) is 0 Å². The van der Waals surface area contributed by atoms with Crippen LogP contribution in [0.1, 0.15) is 82.6 Å². The van der Waals surface area contributed by atoms with Gasteiger partial charge in [0.1, 0.15) is 0 Å². The van der Waals surface area contributed by atoms with E-state index in [-0.39, 0.29) is 45.1 Å². The summed E-state index contributed by atoms with van der Waals surface area (Å²) in [6.45, 7) is 21.0. The topological polar surface area (TPSA) is 0 Å². The van der Waals surface area contributed by atoms with Gasteiger partial charge in [-0.25, -0.2) is 0 Å². The molecule has 6 aromatic carbocycles. The molecule has 0 heterocycles. The Kier molecular flexibility index (Phi) is 18.8. The molecule has 0 nitrogen and oxygen atoms in total. The fourth-order valence-corrected chi connectivity index (χ4v) is 5.68. The number of halogens is 2. The number of benzene rings is 4. The van der Waals surface area contributed by atoms with Gasteiger partial charge in [0.2, 0.25) is 0 Å². The van der Waals surface area contributed by atoms with Gasteiger partial charge in [0.15, 0.2) is 0 Å². The zero-order chi connectivity index (χ0) is 31.3. The molecule has 6 rings (SSSR count). The number of aryl methyl sites for hydroxylation is 1. The van der Waals surface area contributed by atoms with Gasteiger partial charge in [0.05, 0.1) is 0 Å². The van der Waals surface area contributed by atoms with Crippen molar-refractivity contribution in [2.75, 3.05) is 0 Å². The van der Waals surface area contributed by atoms with E-state index in [4.69, 9.17) is 0 Å². The standard InChI is InChI=1S/C21H23.C20H21.2CH3.2ClH.Si.Zr/c1-14(2)16-8-10-17(11-9-16)20-7-5-6-18-12-19(15(3)4)13-21(18)20;1-14-12-16-6-5-7-18(19(16)13-14)15-8-10-17(11-9-15)20(2,3)4;;;;;;/h5-15H,1-4H3;5-13H,1-4H3;2*1H3;2*1H;;/q4*-1;;;;. The molecular weight excluding hydrogens is 707 g/mol. The van der Waals surface area contributed by atoms with Crippen LogP contribution in [-0.4, -0.2) is 6.88 Å². The summed E-state index contributed by atoms with van der Waals surface area (Å²) in [7, 11) is 0. The molecule has 0 aliphatic rings. The van der Waals surface area contributed by atoms with Crippen molar-refractivity contribution < 1.29 is 23.3 Å². The van der Waals surface area contributed by atoms with Crippen molar-refractivity contribution in [1.29, 1.82) is 0 Å². The van der Waals surface area contributed by atoms with Gasteiger partial charge >= 0.3 is 30.2 Å². The van der Waals surface area contributed by atoms with E-state index in [1.54, 1.807) is 0 Å². The minimum absolute atomic E-state index is 0. The van der Waals surface area contributed by atoms with Crippen LogP contribution in [0.4, 0.5) is 0 Å². The quantitative estimate of drug-likeness (QED) is 0.124. The van der Waals surface area contributed by atoms with E-state index < -0.39 is 0 Å². The van der Waals surface area contributed by atoms with Crippen LogP contribution >= 0.6 is 24.8 Å². The Morgan fingerprint density at radius 1 is 0.596 bits per heavy atom. The third-order valence-corrected chi connectivity index (χ3v) is 8.29.